The topological polar surface area (TPSA) is 41.0 Å². The monoisotopic (exact) mass is 256 g/mol. The largest absolute Gasteiger partial charge is 0.373 e. The van der Waals surface area contributed by atoms with Crippen molar-refractivity contribution in [2.75, 3.05) is 24.3 Å². The molecule has 1 aromatic carbocycles. The predicted octanol–water partition coefficient (Wildman–Crippen LogP) is 3.21. The maximum Gasteiger partial charge on any atom is 0.138 e. The quantitative estimate of drug-likeness (QED) is 0.915. The number of nitrogens with zero attached hydrogens (tertiary/aromatic N) is 3. The lowest BCUT2D eigenvalue weighted by Crippen LogP contribution is -2.13. The molecule has 100 valence electrons. The fraction of sp³-hybridized carbons (Fsp3) is 0.333. The Kier molecular flexibility index (Phi) is 3.69. The summed E-state index contributed by atoms with van der Waals surface area (Å²) in [5.41, 5.74) is 3.64. The molecule has 0 saturated carbocycles. The minimum Gasteiger partial charge on any atom is -0.373 e. The average Bonchev–Trinajstić information content (AvgIpc) is 2.35. The van der Waals surface area contributed by atoms with Crippen LogP contribution in [-0.2, 0) is 0 Å². The van der Waals surface area contributed by atoms with Crippen molar-refractivity contribution >= 4 is 17.3 Å². The molecule has 0 bridgehead atoms. The van der Waals surface area contributed by atoms with Gasteiger partial charge in [-0.05, 0) is 44.0 Å². The van der Waals surface area contributed by atoms with Crippen LogP contribution in [0.4, 0.5) is 17.3 Å². The molecule has 2 aromatic rings. The molecule has 1 heterocycles. The molecule has 0 radical (unpaired) electrons. The first-order chi connectivity index (χ1) is 8.99. The second kappa shape index (κ2) is 5.26. The molecule has 0 saturated heterocycles. The van der Waals surface area contributed by atoms with Crippen LogP contribution in [0.1, 0.15) is 17.0 Å². The fourth-order valence-electron chi connectivity index (χ4n) is 2.13. The Morgan fingerprint density at radius 2 is 1.58 bits per heavy atom. The maximum absolute atomic E-state index is 4.49. The van der Waals surface area contributed by atoms with Gasteiger partial charge in [0.25, 0.3) is 0 Å². The lowest BCUT2D eigenvalue weighted by molar-refractivity contribution is 1.01. The zero-order chi connectivity index (χ0) is 14.0. The molecule has 0 unspecified atom stereocenters. The highest BCUT2D eigenvalue weighted by molar-refractivity contribution is 5.63. The van der Waals surface area contributed by atoms with E-state index in [1.807, 2.05) is 27.1 Å². The van der Waals surface area contributed by atoms with Crippen molar-refractivity contribution in [3.05, 3.63) is 41.2 Å². The van der Waals surface area contributed by atoms with Crippen molar-refractivity contribution in [2.45, 2.75) is 20.8 Å². The summed E-state index contributed by atoms with van der Waals surface area (Å²) in [4.78, 5) is 10.9. The number of rotatable bonds is 3. The van der Waals surface area contributed by atoms with Crippen LogP contribution in [0.3, 0.4) is 0 Å². The van der Waals surface area contributed by atoms with Gasteiger partial charge in [-0.25, -0.2) is 9.97 Å². The van der Waals surface area contributed by atoms with Gasteiger partial charge in [0.1, 0.15) is 17.5 Å². The van der Waals surface area contributed by atoms with E-state index in [1.165, 1.54) is 11.1 Å². The van der Waals surface area contributed by atoms with Crippen molar-refractivity contribution in [3.63, 3.8) is 0 Å². The summed E-state index contributed by atoms with van der Waals surface area (Å²) in [6.07, 6.45) is 0. The van der Waals surface area contributed by atoms with Crippen LogP contribution < -0.4 is 10.2 Å². The van der Waals surface area contributed by atoms with Gasteiger partial charge in [-0.2, -0.15) is 0 Å². The SMILES string of the molecule is CNc1cc(N(C)c2cc(C)cc(C)c2)nc(C)n1. The normalized spacial score (nSPS) is 10.4. The van der Waals surface area contributed by atoms with E-state index in [2.05, 4.69) is 52.2 Å². The van der Waals surface area contributed by atoms with Gasteiger partial charge in [-0.15, -0.1) is 0 Å². The summed E-state index contributed by atoms with van der Waals surface area (Å²) in [5.74, 6) is 2.48. The molecule has 0 atom stereocenters. The molecule has 1 aromatic heterocycles. The Morgan fingerprint density at radius 1 is 0.947 bits per heavy atom. The van der Waals surface area contributed by atoms with Gasteiger partial charge in [0.05, 0.1) is 0 Å². The van der Waals surface area contributed by atoms with Gasteiger partial charge in [-0.1, -0.05) is 6.07 Å². The molecule has 0 fully saturated rings. The Hall–Kier alpha value is -2.10. The number of hydrogen-bond donors (Lipinski definition) is 1. The maximum atomic E-state index is 4.49. The van der Waals surface area contributed by atoms with Gasteiger partial charge in [0.15, 0.2) is 0 Å². The number of aromatic nitrogens is 2. The Morgan fingerprint density at radius 3 is 2.16 bits per heavy atom. The second-order valence-electron chi connectivity index (χ2n) is 4.81. The number of hydrogen-bond acceptors (Lipinski definition) is 4. The first-order valence-electron chi connectivity index (χ1n) is 6.35. The van der Waals surface area contributed by atoms with Crippen molar-refractivity contribution in [1.29, 1.82) is 0 Å². The molecule has 1 N–H and O–H groups in total. The molecule has 0 aliphatic carbocycles. The Labute approximate surface area is 114 Å². The Bertz CT molecular complexity index is 572. The van der Waals surface area contributed by atoms with E-state index in [4.69, 9.17) is 0 Å². The van der Waals surface area contributed by atoms with Crippen LogP contribution in [0.5, 0.6) is 0 Å². The average molecular weight is 256 g/mol. The van der Waals surface area contributed by atoms with Crippen LogP contribution in [-0.4, -0.2) is 24.1 Å². The standard InChI is InChI=1S/C15H20N4/c1-10-6-11(2)8-13(7-10)19(5)15-9-14(16-4)17-12(3)18-15/h6-9H,1-5H3,(H,16,17,18). The summed E-state index contributed by atoms with van der Waals surface area (Å²) in [6, 6.07) is 8.43. The molecule has 0 aliphatic rings. The number of aryl methyl sites for hydroxylation is 3. The van der Waals surface area contributed by atoms with Crippen molar-refractivity contribution in [1.82, 2.24) is 9.97 Å². The molecule has 2 rings (SSSR count). The predicted molar refractivity (Wildman–Crippen MR) is 80.3 cm³/mol. The van der Waals surface area contributed by atoms with E-state index in [-0.39, 0.29) is 0 Å². The molecular formula is C15H20N4. The van der Waals surface area contributed by atoms with E-state index >= 15 is 0 Å². The summed E-state index contributed by atoms with van der Waals surface area (Å²) in [7, 11) is 3.89. The van der Waals surface area contributed by atoms with Crippen LogP contribution in [0.25, 0.3) is 0 Å². The minimum absolute atomic E-state index is 0.762. The molecule has 4 nitrogen and oxygen atoms in total. The zero-order valence-corrected chi connectivity index (χ0v) is 12.2. The number of nitrogens with one attached hydrogen (secondary N) is 1. The zero-order valence-electron chi connectivity index (χ0n) is 12.2. The first kappa shape index (κ1) is 13.3. The molecule has 0 spiro atoms. The Balaban J connectivity index is 2.43. The smallest absolute Gasteiger partial charge is 0.138 e. The summed E-state index contributed by atoms with van der Waals surface area (Å²) >= 11 is 0. The van der Waals surface area contributed by atoms with E-state index in [0.29, 0.717) is 0 Å². The van der Waals surface area contributed by atoms with Crippen LogP contribution in [0.2, 0.25) is 0 Å². The van der Waals surface area contributed by atoms with E-state index in [0.717, 1.165) is 23.1 Å². The molecule has 4 heteroatoms. The van der Waals surface area contributed by atoms with Crippen LogP contribution in [0.15, 0.2) is 24.3 Å². The third-order valence-electron chi connectivity index (χ3n) is 3.02. The van der Waals surface area contributed by atoms with Crippen molar-refractivity contribution < 1.29 is 0 Å². The lowest BCUT2D eigenvalue weighted by atomic mass is 10.1. The van der Waals surface area contributed by atoms with Crippen LogP contribution in [0, 0.1) is 20.8 Å². The van der Waals surface area contributed by atoms with Gasteiger partial charge in [-0.3, -0.25) is 0 Å². The first-order valence-corrected chi connectivity index (χ1v) is 6.35. The molecule has 0 aliphatic heterocycles. The lowest BCUT2D eigenvalue weighted by Gasteiger charge is -2.20. The van der Waals surface area contributed by atoms with Crippen LogP contribution >= 0.6 is 0 Å². The third-order valence-corrected chi connectivity index (χ3v) is 3.02. The minimum atomic E-state index is 0.762. The number of anilines is 3. The molecular weight excluding hydrogens is 236 g/mol. The van der Waals surface area contributed by atoms with E-state index < -0.39 is 0 Å². The highest BCUT2D eigenvalue weighted by atomic mass is 15.2. The van der Waals surface area contributed by atoms with Gasteiger partial charge >= 0.3 is 0 Å². The second-order valence-corrected chi connectivity index (χ2v) is 4.81. The highest BCUT2D eigenvalue weighted by Crippen LogP contribution is 2.25. The van der Waals surface area contributed by atoms with Gasteiger partial charge < -0.3 is 10.2 Å². The van der Waals surface area contributed by atoms with Crippen molar-refractivity contribution in [3.8, 4) is 0 Å². The fourth-order valence-corrected chi connectivity index (χ4v) is 2.13. The summed E-state index contributed by atoms with van der Waals surface area (Å²) in [6.45, 7) is 6.11. The summed E-state index contributed by atoms with van der Waals surface area (Å²) in [5, 5.41) is 3.06. The molecule has 19 heavy (non-hydrogen) atoms. The van der Waals surface area contributed by atoms with E-state index in [9.17, 15) is 0 Å². The number of benzene rings is 1. The van der Waals surface area contributed by atoms with Gasteiger partial charge in [0.2, 0.25) is 0 Å². The highest BCUT2D eigenvalue weighted by Gasteiger charge is 2.09. The summed E-state index contributed by atoms with van der Waals surface area (Å²) < 4.78 is 0. The van der Waals surface area contributed by atoms with Gasteiger partial charge in [0, 0.05) is 25.8 Å². The third kappa shape index (κ3) is 3.02. The van der Waals surface area contributed by atoms with Crippen molar-refractivity contribution in [2.24, 2.45) is 0 Å². The molecule has 0 amide bonds. The van der Waals surface area contributed by atoms with E-state index in [1.54, 1.807) is 0 Å².